The van der Waals surface area contributed by atoms with Gasteiger partial charge in [0.2, 0.25) is 0 Å². The molecule has 2 N–H and O–H groups in total. The van der Waals surface area contributed by atoms with Crippen LogP contribution in [0.2, 0.25) is 0 Å². The summed E-state index contributed by atoms with van der Waals surface area (Å²) in [4.78, 5) is 24.0. The van der Waals surface area contributed by atoms with E-state index in [1.54, 1.807) is 0 Å². The molecule has 0 atom stereocenters. The van der Waals surface area contributed by atoms with Crippen LogP contribution in [0.4, 0.5) is 0 Å². The van der Waals surface area contributed by atoms with Gasteiger partial charge in [0, 0.05) is 19.2 Å². The molecule has 1 aromatic rings. The topological polar surface area (TPSA) is 87.1 Å². The second-order valence-corrected chi connectivity index (χ2v) is 4.63. The van der Waals surface area contributed by atoms with Gasteiger partial charge in [0.15, 0.2) is 0 Å². The van der Waals surface area contributed by atoms with Gasteiger partial charge in [-0.3, -0.25) is 9.59 Å². The van der Waals surface area contributed by atoms with Crippen LogP contribution in [-0.2, 0) is 9.53 Å². The fourth-order valence-corrected chi connectivity index (χ4v) is 1.69. The minimum Gasteiger partial charge on any atom is -0.507 e. The third-order valence-corrected chi connectivity index (χ3v) is 3.04. The van der Waals surface area contributed by atoms with E-state index >= 15 is 0 Å². The van der Waals surface area contributed by atoms with Gasteiger partial charge in [0.05, 0.1) is 11.1 Å². The highest BCUT2D eigenvalue weighted by molar-refractivity contribution is 9.10. The number of halogens is 1. The van der Waals surface area contributed by atoms with E-state index in [9.17, 15) is 14.7 Å². The van der Waals surface area contributed by atoms with E-state index in [0.29, 0.717) is 4.47 Å². The van der Waals surface area contributed by atoms with Crippen LogP contribution in [0.1, 0.15) is 10.4 Å². The van der Waals surface area contributed by atoms with Gasteiger partial charge in [0.25, 0.3) is 5.91 Å². The Morgan fingerprint density at radius 3 is 2.63 bits per heavy atom. The molecule has 1 rings (SSSR count). The molecule has 0 unspecified atom stereocenters. The van der Waals surface area contributed by atoms with Gasteiger partial charge in [-0.25, -0.2) is 0 Å². The number of ether oxygens (including phenoxy) is 1. The smallest absolute Gasteiger partial charge is 0.323 e. The lowest BCUT2D eigenvalue weighted by atomic mass is 10.2. The number of phenolic OH excluding ortho intramolecular Hbond substituents is 1. The SMILES string of the molecule is COCCN(CC(=O)O)C(=O)c1ccc(Br)c(O)c1. The van der Waals surface area contributed by atoms with Gasteiger partial charge in [0.1, 0.15) is 12.3 Å². The van der Waals surface area contributed by atoms with Gasteiger partial charge in [-0.1, -0.05) is 0 Å². The van der Waals surface area contributed by atoms with Crippen molar-refractivity contribution in [3.05, 3.63) is 28.2 Å². The normalized spacial score (nSPS) is 10.2. The maximum atomic E-state index is 12.1. The third-order valence-electron chi connectivity index (χ3n) is 2.37. The fraction of sp³-hybridized carbons (Fsp3) is 0.333. The summed E-state index contributed by atoms with van der Waals surface area (Å²) in [6.45, 7) is -0.0149. The zero-order valence-electron chi connectivity index (χ0n) is 10.3. The number of hydrogen-bond acceptors (Lipinski definition) is 4. The molecule has 0 fully saturated rings. The first-order valence-electron chi connectivity index (χ1n) is 5.44. The molecule has 0 aliphatic carbocycles. The van der Waals surface area contributed by atoms with Crippen LogP contribution in [0.3, 0.4) is 0 Å². The van der Waals surface area contributed by atoms with E-state index in [-0.39, 0.29) is 24.5 Å². The number of aliphatic carboxylic acids is 1. The summed E-state index contributed by atoms with van der Waals surface area (Å²) >= 11 is 3.11. The Hall–Kier alpha value is -1.60. The molecule has 0 bridgehead atoms. The van der Waals surface area contributed by atoms with Crippen LogP contribution in [0.15, 0.2) is 22.7 Å². The minimum atomic E-state index is -1.11. The number of methoxy groups -OCH3 is 1. The van der Waals surface area contributed by atoms with E-state index in [4.69, 9.17) is 9.84 Å². The van der Waals surface area contributed by atoms with Gasteiger partial charge in [-0.05, 0) is 34.1 Å². The van der Waals surface area contributed by atoms with Crippen molar-refractivity contribution in [1.29, 1.82) is 0 Å². The largest absolute Gasteiger partial charge is 0.507 e. The number of amides is 1. The number of carboxylic acid groups (broad SMARTS) is 1. The van der Waals surface area contributed by atoms with Crippen LogP contribution in [0, 0.1) is 0 Å². The lowest BCUT2D eigenvalue weighted by Crippen LogP contribution is -2.38. The quantitative estimate of drug-likeness (QED) is 0.821. The molecule has 6 nitrogen and oxygen atoms in total. The standard InChI is InChI=1S/C12H14BrNO5/c1-19-5-4-14(7-11(16)17)12(18)8-2-3-9(13)10(15)6-8/h2-3,6,15H,4-5,7H2,1H3,(H,16,17). The zero-order valence-corrected chi connectivity index (χ0v) is 11.9. The summed E-state index contributed by atoms with van der Waals surface area (Å²) < 4.78 is 5.30. The van der Waals surface area contributed by atoms with Crippen LogP contribution >= 0.6 is 15.9 Å². The third kappa shape index (κ3) is 4.53. The zero-order chi connectivity index (χ0) is 14.4. The Bertz CT molecular complexity index is 477. The Labute approximate surface area is 118 Å². The molecular weight excluding hydrogens is 318 g/mol. The van der Waals surface area contributed by atoms with Gasteiger partial charge in [-0.15, -0.1) is 0 Å². The predicted octanol–water partition coefficient (Wildman–Crippen LogP) is 1.33. The second-order valence-electron chi connectivity index (χ2n) is 3.78. The maximum Gasteiger partial charge on any atom is 0.323 e. The molecule has 0 saturated carbocycles. The molecule has 19 heavy (non-hydrogen) atoms. The van der Waals surface area contributed by atoms with Crippen molar-refractivity contribution in [2.75, 3.05) is 26.8 Å². The second kappa shape index (κ2) is 7.10. The van der Waals surface area contributed by atoms with Gasteiger partial charge >= 0.3 is 5.97 Å². The predicted molar refractivity (Wildman–Crippen MR) is 71.2 cm³/mol. The summed E-state index contributed by atoms with van der Waals surface area (Å²) in [6.07, 6.45) is 0. The van der Waals surface area contributed by atoms with Crippen LogP contribution in [-0.4, -0.2) is 53.8 Å². The first kappa shape index (κ1) is 15.5. The number of carbonyl (C=O) groups is 2. The molecule has 0 aliphatic heterocycles. The Morgan fingerprint density at radius 2 is 2.11 bits per heavy atom. The number of benzene rings is 1. The summed E-state index contributed by atoms with van der Waals surface area (Å²) in [7, 11) is 1.47. The van der Waals surface area contributed by atoms with Gasteiger partial charge in [-0.2, -0.15) is 0 Å². The molecule has 0 aliphatic rings. The summed E-state index contributed by atoms with van der Waals surface area (Å²) in [5, 5.41) is 18.3. The molecule has 0 aromatic heterocycles. The Kier molecular flexibility index (Phi) is 5.78. The van der Waals surface area contributed by atoms with E-state index in [2.05, 4.69) is 15.9 Å². The monoisotopic (exact) mass is 331 g/mol. The van der Waals surface area contributed by atoms with Crippen molar-refractivity contribution in [2.45, 2.75) is 0 Å². The van der Waals surface area contributed by atoms with E-state index in [0.717, 1.165) is 4.90 Å². The van der Waals surface area contributed by atoms with Crippen molar-refractivity contribution in [3.63, 3.8) is 0 Å². The van der Waals surface area contributed by atoms with Crippen LogP contribution < -0.4 is 0 Å². The van der Waals surface area contributed by atoms with E-state index in [1.807, 2.05) is 0 Å². The average molecular weight is 332 g/mol. The van der Waals surface area contributed by atoms with Crippen molar-refractivity contribution in [3.8, 4) is 5.75 Å². The number of carbonyl (C=O) groups excluding carboxylic acids is 1. The molecule has 0 radical (unpaired) electrons. The van der Waals surface area contributed by atoms with Crippen LogP contribution in [0.25, 0.3) is 0 Å². The number of aromatic hydroxyl groups is 1. The highest BCUT2D eigenvalue weighted by Gasteiger charge is 2.19. The summed E-state index contributed by atoms with van der Waals surface area (Å²) in [5.74, 6) is -1.65. The Balaban J connectivity index is 2.90. The number of hydrogen-bond donors (Lipinski definition) is 2. The molecule has 104 valence electrons. The number of rotatable bonds is 6. The molecule has 1 amide bonds. The lowest BCUT2D eigenvalue weighted by Gasteiger charge is -2.20. The Morgan fingerprint density at radius 1 is 1.42 bits per heavy atom. The lowest BCUT2D eigenvalue weighted by molar-refractivity contribution is -0.137. The summed E-state index contributed by atoms with van der Waals surface area (Å²) in [6, 6.07) is 4.32. The van der Waals surface area contributed by atoms with Gasteiger partial charge < -0.3 is 19.8 Å². The molecule has 0 heterocycles. The number of phenols is 1. The van der Waals surface area contributed by atoms with Crippen molar-refractivity contribution < 1.29 is 24.5 Å². The molecule has 0 spiro atoms. The highest BCUT2D eigenvalue weighted by atomic mass is 79.9. The molecule has 0 saturated heterocycles. The molecule has 7 heteroatoms. The first-order valence-corrected chi connectivity index (χ1v) is 6.23. The summed E-state index contributed by atoms with van der Waals surface area (Å²) in [5.41, 5.74) is 0.220. The first-order chi connectivity index (χ1) is 8.95. The maximum absolute atomic E-state index is 12.1. The van der Waals surface area contributed by atoms with E-state index in [1.165, 1.54) is 25.3 Å². The molecule has 1 aromatic carbocycles. The van der Waals surface area contributed by atoms with Crippen molar-refractivity contribution in [2.24, 2.45) is 0 Å². The van der Waals surface area contributed by atoms with E-state index < -0.39 is 18.4 Å². The minimum absolute atomic E-state index is 0.0760. The molecular formula is C12H14BrNO5. The number of nitrogens with zero attached hydrogens (tertiary/aromatic N) is 1. The van der Waals surface area contributed by atoms with Crippen molar-refractivity contribution >= 4 is 27.8 Å². The fourth-order valence-electron chi connectivity index (χ4n) is 1.45. The highest BCUT2D eigenvalue weighted by Crippen LogP contribution is 2.24. The van der Waals surface area contributed by atoms with Crippen LogP contribution in [0.5, 0.6) is 5.75 Å². The average Bonchev–Trinajstić information content (AvgIpc) is 2.36. The van der Waals surface area contributed by atoms with Crippen molar-refractivity contribution in [1.82, 2.24) is 4.90 Å². The number of carboxylic acids is 1.